The van der Waals surface area contributed by atoms with Gasteiger partial charge in [0.2, 0.25) is 0 Å². The fourth-order valence-electron chi connectivity index (χ4n) is 3.06. The number of rotatable bonds is 4. The number of carbonyl (C=O) groups excluding carboxylic acids is 1. The molecular weight excluding hydrogens is 292 g/mol. The normalized spacial score (nSPS) is 19.8. The van der Waals surface area contributed by atoms with E-state index in [0.29, 0.717) is 11.3 Å². The second-order valence-corrected chi connectivity index (χ2v) is 5.75. The first kappa shape index (κ1) is 15.4. The van der Waals surface area contributed by atoms with Crippen LogP contribution in [0.4, 0.5) is 0 Å². The highest BCUT2D eigenvalue weighted by molar-refractivity contribution is 6.02. The zero-order valence-corrected chi connectivity index (χ0v) is 13.3. The predicted octanol–water partition coefficient (Wildman–Crippen LogP) is 4.13. The third-order valence-electron chi connectivity index (χ3n) is 4.23. The minimum absolute atomic E-state index is 0.0322. The Hall–Kier alpha value is -2.49. The first-order valence-corrected chi connectivity index (χ1v) is 7.82. The Bertz CT molecular complexity index is 706. The van der Waals surface area contributed by atoms with Gasteiger partial charge in [-0.05, 0) is 42.3 Å². The molecule has 1 aliphatic rings. The minimum Gasteiger partial charge on any atom is -0.508 e. The molecule has 1 heterocycles. The number of carbonyl (C=O) groups is 1. The number of aromatic hydroxyl groups is 1. The minimum atomic E-state index is -0.314. The van der Waals surface area contributed by atoms with Crippen LogP contribution in [-0.4, -0.2) is 18.0 Å². The van der Waals surface area contributed by atoms with Gasteiger partial charge in [0, 0.05) is 0 Å². The van der Waals surface area contributed by atoms with Crippen molar-refractivity contribution in [3.63, 3.8) is 0 Å². The molecule has 2 atom stereocenters. The summed E-state index contributed by atoms with van der Waals surface area (Å²) in [5.74, 6) is 1.17. The van der Waals surface area contributed by atoms with Crippen LogP contribution in [0.5, 0.6) is 17.2 Å². The number of benzene rings is 2. The summed E-state index contributed by atoms with van der Waals surface area (Å²) >= 11 is 0. The van der Waals surface area contributed by atoms with Gasteiger partial charge in [-0.25, -0.2) is 0 Å². The summed E-state index contributed by atoms with van der Waals surface area (Å²) in [5, 5.41) is 9.64. The molecule has 0 radical (unpaired) electrons. The van der Waals surface area contributed by atoms with Crippen LogP contribution in [0, 0.1) is 5.92 Å². The maximum absolute atomic E-state index is 12.8. The van der Waals surface area contributed by atoms with Crippen molar-refractivity contribution in [2.24, 2.45) is 5.92 Å². The van der Waals surface area contributed by atoms with Crippen LogP contribution < -0.4 is 9.47 Å². The molecule has 0 saturated carbocycles. The molecule has 0 spiro atoms. The van der Waals surface area contributed by atoms with E-state index < -0.39 is 0 Å². The molecular formula is C19H20O4. The van der Waals surface area contributed by atoms with Gasteiger partial charge in [-0.2, -0.15) is 0 Å². The van der Waals surface area contributed by atoms with Crippen molar-refractivity contribution in [3.05, 3.63) is 53.6 Å². The quantitative estimate of drug-likeness (QED) is 0.922. The number of ketones is 1. The second-order valence-electron chi connectivity index (χ2n) is 5.75. The van der Waals surface area contributed by atoms with Gasteiger partial charge < -0.3 is 14.6 Å². The SMILES string of the molecule is CCCC1C(=O)c2cc(O)ccc2OC1c1ccc(OC)cc1. The van der Waals surface area contributed by atoms with Crippen molar-refractivity contribution in [1.29, 1.82) is 0 Å². The number of fused-ring (bicyclic) bond motifs is 1. The van der Waals surface area contributed by atoms with Crippen molar-refractivity contribution >= 4 is 5.78 Å². The fourth-order valence-corrected chi connectivity index (χ4v) is 3.06. The first-order valence-electron chi connectivity index (χ1n) is 7.82. The highest BCUT2D eigenvalue weighted by atomic mass is 16.5. The van der Waals surface area contributed by atoms with Crippen molar-refractivity contribution in [2.75, 3.05) is 7.11 Å². The molecule has 0 amide bonds. The van der Waals surface area contributed by atoms with Crippen LogP contribution in [0.1, 0.15) is 41.8 Å². The molecule has 2 unspecified atom stereocenters. The molecule has 0 bridgehead atoms. The summed E-state index contributed by atoms with van der Waals surface area (Å²) in [7, 11) is 1.62. The molecule has 4 nitrogen and oxygen atoms in total. The smallest absolute Gasteiger partial charge is 0.173 e. The molecule has 23 heavy (non-hydrogen) atoms. The molecule has 4 heteroatoms. The van der Waals surface area contributed by atoms with E-state index in [4.69, 9.17) is 9.47 Å². The number of phenols is 1. The van der Waals surface area contributed by atoms with Gasteiger partial charge in [-0.3, -0.25) is 4.79 Å². The lowest BCUT2D eigenvalue weighted by molar-refractivity contribution is 0.0634. The molecule has 3 rings (SSSR count). The van der Waals surface area contributed by atoms with Crippen molar-refractivity contribution in [1.82, 2.24) is 0 Å². The van der Waals surface area contributed by atoms with Gasteiger partial charge >= 0.3 is 0 Å². The average Bonchev–Trinajstić information content (AvgIpc) is 2.58. The molecule has 2 aromatic rings. The predicted molar refractivity (Wildman–Crippen MR) is 87.2 cm³/mol. The van der Waals surface area contributed by atoms with E-state index in [1.165, 1.54) is 12.1 Å². The monoisotopic (exact) mass is 312 g/mol. The van der Waals surface area contributed by atoms with Crippen molar-refractivity contribution < 1.29 is 19.4 Å². The third kappa shape index (κ3) is 2.89. The van der Waals surface area contributed by atoms with E-state index in [1.54, 1.807) is 13.2 Å². The maximum atomic E-state index is 12.8. The lowest BCUT2D eigenvalue weighted by Crippen LogP contribution is -2.31. The number of Topliss-reactive ketones (excluding diaryl/α,β-unsaturated/α-hetero) is 1. The lowest BCUT2D eigenvalue weighted by Gasteiger charge is -2.33. The van der Waals surface area contributed by atoms with Crippen LogP contribution in [0.3, 0.4) is 0 Å². The van der Waals surface area contributed by atoms with Crippen LogP contribution in [-0.2, 0) is 0 Å². The number of phenolic OH excluding ortho intramolecular Hbond substituents is 1. The highest BCUT2D eigenvalue weighted by Gasteiger charge is 2.37. The maximum Gasteiger partial charge on any atom is 0.173 e. The second kappa shape index (κ2) is 6.32. The molecule has 0 fully saturated rings. The Morgan fingerprint density at radius 3 is 2.57 bits per heavy atom. The van der Waals surface area contributed by atoms with Crippen molar-refractivity contribution in [2.45, 2.75) is 25.9 Å². The summed E-state index contributed by atoms with van der Waals surface area (Å²) in [5.41, 5.74) is 1.42. The van der Waals surface area contributed by atoms with Gasteiger partial charge in [0.05, 0.1) is 18.6 Å². The lowest BCUT2D eigenvalue weighted by atomic mass is 9.83. The Balaban J connectivity index is 2.00. The highest BCUT2D eigenvalue weighted by Crippen LogP contribution is 2.42. The Morgan fingerprint density at radius 2 is 1.91 bits per heavy atom. The van der Waals surface area contributed by atoms with Crippen molar-refractivity contribution in [3.8, 4) is 17.2 Å². The summed E-state index contributed by atoms with van der Waals surface area (Å²) < 4.78 is 11.3. The Kier molecular flexibility index (Phi) is 4.24. The van der Waals surface area contributed by atoms with Gasteiger partial charge in [-0.1, -0.05) is 25.5 Å². The van der Waals surface area contributed by atoms with Gasteiger partial charge in [0.1, 0.15) is 23.4 Å². The number of hydrogen-bond acceptors (Lipinski definition) is 4. The van der Waals surface area contributed by atoms with E-state index in [0.717, 1.165) is 24.2 Å². The molecule has 0 saturated heterocycles. The fraction of sp³-hybridized carbons (Fsp3) is 0.316. The van der Waals surface area contributed by atoms with E-state index in [2.05, 4.69) is 6.92 Å². The third-order valence-corrected chi connectivity index (χ3v) is 4.23. The number of methoxy groups -OCH3 is 1. The first-order chi connectivity index (χ1) is 11.1. The number of hydrogen-bond donors (Lipinski definition) is 1. The molecule has 0 aliphatic carbocycles. The van der Waals surface area contributed by atoms with E-state index >= 15 is 0 Å². The van der Waals surface area contributed by atoms with Gasteiger partial charge in [-0.15, -0.1) is 0 Å². The largest absolute Gasteiger partial charge is 0.508 e. The Labute approximate surface area is 135 Å². The number of ether oxygens (including phenoxy) is 2. The standard InChI is InChI=1S/C19H20O4/c1-3-4-15-18(21)16-11-13(20)7-10-17(16)23-19(15)12-5-8-14(22-2)9-6-12/h5-11,15,19-20H,3-4H2,1-2H3. The molecule has 120 valence electrons. The Morgan fingerprint density at radius 1 is 1.17 bits per heavy atom. The summed E-state index contributed by atoms with van der Waals surface area (Å²) in [6.45, 7) is 2.05. The zero-order valence-electron chi connectivity index (χ0n) is 13.3. The van der Waals surface area contributed by atoms with Gasteiger partial charge in [0.25, 0.3) is 0 Å². The molecule has 1 aliphatic heterocycles. The van der Waals surface area contributed by atoms with Gasteiger partial charge in [0.15, 0.2) is 5.78 Å². The summed E-state index contributed by atoms with van der Waals surface area (Å²) in [6.07, 6.45) is 1.32. The van der Waals surface area contributed by atoms with E-state index in [-0.39, 0.29) is 23.6 Å². The summed E-state index contributed by atoms with van der Waals surface area (Å²) in [4.78, 5) is 12.8. The average molecular weight is 312 g/mol. The van der Waals surface area contributed by atoms with Crippen LogP contribution in [0.25, 0.3) is 0 Å². The van der Waals surface area contributed by atoms with E-state index in [1.807, 2.05) is 24.3 Å². The molecule has 0 aromatic heterocycles. The van der Waals surface area contributed by atoms with Crippen LogP contribution in [0.2, 0.25) is 0 Å². The summed E-state index contributed by atoms with van der Waals surface area (Å²) in [6, 6.07) is 12.3. The van der Waals surface area contributed by atoms with E-state index in [9.17, 15) is 9.90 Å². The van der Waals surface area contributed by atoms with Crippen LogP contribution in [0.15, 0.2) is 42.5 Å². The molecule has 1 N–H and O–H groups in total. The zero-order chi connectivity index (χ0) is 16.4. The topological polar surface area (TPSA) is 55.8 Å². The van der Waals surface area contributed by atoms with Crippen LogP contribution >= 0.6 is 0 Å². The molecule has 2 aromatic carbocycles.